The summed E-state index contributed by atoms with van der Waals surface area (Å²) in [6, 6.07) is 21.3. The summed E-state index contributed by atoms with van der Waals surface area (Å²) in [6.07, 6.45) is 0.313. The lowest BCUT2D eigenvalue weighted by Crippen LogP contribution is -2.30. The predicted molar refractivity (Wildman–Crippen MR) is 168 cm³/mol. The van der Waals surface area contributed by atoms with Gasteiger partial charge in [-0.3, -0.25) is 0 Å². The average Bonchev–Trinajstić information content (AvgIpc) is 3.40. The van der Waals surface area contributed by atoms with E-state index in [0.29, 0.717) is 46.9 Å². The molecule has 0 saturated heterocycles. The number of halogens is 1. The van der Waals surface area contributed by atoms with Crippen molar-refractivity contribution in [2.45, 2.75) is 59.2 Å². The summed E-state index contributed by atoms with van der Waals surface area (Å²) < 4.78 is 35.0. The highest BCUT2D eigenvalue weighted by Gasteiger charge is 2.36. The number of carbonyl (C=O) groups excluding carboxylic acids is 1. The van der Waals surface area contributed by atoms with E-state index in [1.54, 1.807) is 4.52 Å². The molecule has 0 bridgehead atoms. The highest BCUT2D eigenvalue weighted by molar-refractivity contribution is 5.93. The van der Waals surface area contributed by atoms with Gasteiger partial charge in [0.15, 0.2) is 23.3 Å². The van der Waals surface area contributed by atoms with Gasteiger partial charge in [0.1, 0.15) is 5.69 Å². The zero-order valence-electron chi connectivity index (χ0n) is 25.9. The fraction of sp³-hybridized carbons (Fsp3) is 0.306. The molecular formula is C36H36FN3O4. The van der Waals surface area contributed by atoms with Gasteiger partial charge in [0.25, 0.3) is 0 Å². The van der Waals surface area contributed by atoms with E-state index in [9.17, 15) is 4.79 Å². The van der Waals surface area contributed by atoms with Crippen molar-refractivity contribution in [2.24, 2.45) is 0 Å². The van der Waals surface area contributed by atoms with Crippen LogP contribution in [-0.2, 0) is 20.7 Å². The van der Waals surface area contributed by atoms with E-state index >= 15 is 4.39 Å². The maximum absolute atomic E-state index is 15.8. The highest BCUT2D eigenvalue weighted by Crippen LogP contribution is 2.44. The minimum absolute atomic E-state index is 0.284. The number of fused-ring (bicyclic) bond motifs is 2. The molecule has 0 fully saturated rings. The molecule has 0 saturated carbocycles. The van der Waals surface area contributed by atoms with Gasteiger partial charge in [0.05, 0.1) is 30.6 Å². The lowest BCUT2D eigenvalue weighted by atomic mass is 9.90. The van der Waals surface area contributed by atoms with Gasteiger partial charge in [0.2, 0.25) is 0 Å². The first-order valence-electron chi connectivity index (χ1n) is 14.8. The van der Waals surface area contributed by atoms with Crippen LogP contribution in [0.25, 0.3) is 39.3 Å². The molecule has 0 amide bonds. The van der Waals surface area contributed by atoms with Crippen molar-refractivity contribution in [3.8, 4) is 39.4 Å². The number of hydrogen-bond acceptors (Lipinski definition) is 6. The standard InChI is InChI=1S/C36H36FN3O4/c1-21-25-18-13-19-43-32(25)27(37)20-26(21)31-28(33(35(41)42-6)44-36(3,4)5)22(2)38-34-29(23-14-9-7-10-15-23)30(39-40(31)34)24-16-11-8-12-17-24/h7-12,14-17,20,33H,13,18-19H2,1-6H3. The normalized spacial score (nSPS) is 13.8. The van der Waals surface area contributed by atoms with Crippen LogP contribution in [0, 0.1) is 19.7 Å². The van der Waals surface area contributed by atoms with Crippen LogP contribution in [0.1, 0.15) is 55.7 Å². The lowest BCUT2D eigenvalue weighted by Gasteiger charge is -2.29. The molecular weight excluding hydrogens is 557 g/mol. The fourth-order valence-electron chi connectivity index (χ4n) is 6.00. The van der Waals surface area contributed by atoms with E-state index in [1.165, 1.54) is 13.2 Å². The molecule has 226 valence electrons. The summed E-state index contributed by atoms with van der Waals surface area (Å²) in [7, 11) is 1.33. The Morgan fingerprint density at radius 2 is 1.68 bits per heavy atom. The zero-order chi connectivity index (χ0) is 31.2. The van der Waals surface area contributed by atoms with Gasteiger partial charge < -0.3 is 14.2 Å². The Morgan fingerprint density at radius 1 is 1.02 bits per heavy atom. The van der Waals surface area contributed by atoms with Crippen molar-refractivity contribution >= 4 is 11.6 Å². The fourth-order valence-corrected chi connectivity index (χ4v) is 6.00. The molecule has 1 atom stereocenters. The van der Waals surface area contributed by atoms with Crippen molar-refractivity contribution in [3.05, 3.63) is 94.9 Å². The summed E-state index contributed by atoms with van der Waals surface area (Å²) in [5.41, 5.74) is 7.06. The minimum Gasteiger partial charge on any atom is -0.490 e. The van der Waals surface area contributed by atoms with Crippen LogP contribution in [0.15, 0.2) is 66.7 Å². The van der Waals surface area contributed by atoms with E-state index in [4.69, 9.17) is 24.3 Å². The maximum atomic E-state index is 15.8. The first-order chi connectivity index (χ1) is 21.1. The Morgan fingerprint density at radius 3 is 2.32 bits per heavy atom. The van der Waals surface area contributed by atoms with Gasteiger partial charge in [-0.2, -0.15) is 5.10 Å². The van der Waals surface area contributed by atoms with E-state index in [1.807, 2.05) is 95.3 Å². The van der Waals surface area contributed by atoms with Crippen LogP contribution in [0.5, 0.6) is 5.75 Å². The van der Waals surface area contributed by atoms with Crippen molar-refractivity contribution in [3.63, 3.8) is 0 Å². The third kappa shape index (κ3) is 5.24. The predicted octanol–water partition coefficient (Wildman–Crippen LogP) is 7.84. The molecule has 0 aliphatic carbocycles. The third-order valence-electron chi connectivity index (χ3n) is 7.94. The molecule has 2 aromatic heterocycles. The molecule has 6 rings (SSSR count). The number of hydrogen-bond donors (Lipinski definition) is 0. The van der Waals surface area contributed by atoms with Crippen molar-refractivity contribution in [1.82, 2.24) is 14.6 Å². The van der Waals surface area contributed by atoms with Crippen molar-refractivity contribution < 1.29 is 23.4 Å². The van der Waals surface area contributed by atoms with Crippen molar-refractivity contribution in [1.29, 1.82) is 0 Å². The number of carbonyl (C=O) groups is 1. The molecule has 7 nitrogen and oxygen atoms in total. The first kappa shape index (κ1) is 29.5. The number of ether oxygens (including phenoxy) is 3. The van der Waals surface area contributed by atoms with Gasteiger partial charge in [-0.05, 0) is 64.7 Å². The molecule has 0 radical (unpaired) electrons. The van der Waals surface area contributed by atoms with E-state index in [2.05, 4.69) is 0 Å². The first-order valence-corrected chi connectivity index (χ1v) is 14.8. The number of esters is 1. The molecule has 0 N–H and O–H groups in total. The topological polar surface area (TPSA) is 75.0 Å². The second-order valence-corrected chi connectivity index (χ2v) is 12.1. The summed E-state index contributed by atoms with van der Waals surface area (Å²) in [6.45, 7) is 9.90. The van der Waals surface area contributed by atoms with Crippen LogP contribution < -0.4 is 4.74 Å². The molecule has 3 aromatic carbocycles. The molecule has 1 aliphatic heterocycles. The van der Waals surface area contributed by atoms with E-state index < -0.39 is 23.5 Å². The monoisotopic (exact) mass is 593 g/mol. The molecule has 1 aliphatic rings. The Hall–Kier alpha value is -4.56. The van der Waals surface area contributed by atoms with Gasteiger partial charge in [-0.15, -0.1) is 0 Å². The zero-order valence-corrected chi connectivity index (χ0v) is 25.9. The number of rotatable bonds is 6. The largest absolute Gasteiger partial charge is 0.490 e. The smallest absolute Gasteiger partial charge is 0.339 e. The van der Waals surface area contributed by atoms with E-state index in [0.717, 1.165) is 34.2 Å². The molecule has 44 heavy (non-hydrogen) atoms. The number of methoxy groups -OCH3 is 1. The second kappa shape index (κ2) is 11.5. The summed E-state index contributed by atoms with van der Waals surface area (Å²) in [5, 5.41) is 5.18. The van der Waals surface area contributed by atoms with Gasteiger partial charge >= 0.3 is 5.97 Å². The summed E-state index contributed by atoms with van der Waals surface area (Å²) >= 11 is 0. The quantitative estimate of drug-likeness (QED) is 0.187. The number of nitrogens with zero attached hydrogens (tertiary/aromatic N) is 3. The van der Waals surface area contributed by atoms with Gasteiger partial charge in [-0.25, -0.2) is 18.7 Å². The van der Waals surface area contributed by atoms with Crippen LogP contribution in [0.4, 0.5) is 4.39 Å². The van der Waals surface area contributed by atoms with Crippen molar-refractivity contribution in [2.75, 3.05) is 13.7 Å². The third-order valence-corrected chi connectivity index (χ3v) is 7.94. The Kier molecular flexibility index (Phi) is 7.72. The molecule has 8 heteroatoms. The lowest BCUT2D eigenvalue weighted by molar-refractivity contribution is -0.164. The van der Waals surface area contributed by atoms with Gasteiger partial charge in [-0.1, -0.05) is 60.7 Å². The van der Waals surface area contributed by atoms with Crippen LogP contribution >= 0.6 is 0 Å². The molecule has 1 unspecified atom stereocenters. The molecule has 0 spiro atoms. The Balaban J connectivity index is 1.79. The molecule has 3 heterocycles. The van der Waals surface area contributed by atoms with Crippen LogP contribution in [-0.4, -0.2) is 39.9 Å². The van der Waals surface area contributed by atoms with E-state index in [-0.39, 0.29) is 5.75 Å². The Bertz CT molecular complexity index is 1860. The molecule has 5 aromatic rings. The average molecular weight is 594 g/mol. The van der Waals surface area contributed by atoms with Crippen LogP contribution in [0.3, 0.4) is 0 Å². The number of benzene rings is 3. The number of aryl methyl sites for hydroxylation is 1. The second-order valence-electron chi connectivity index (χ2n) is 12.1. The number of aromatic nitrogens is 3. The highest BCUT2D eigenvalue weighted by atomic mass is 19.1. The van der Waals surface area contributed by atoms with Gasteiger partial charge in [0, 0.05) is 27.9 Å². The SMILES string of the molecule is COC(=O)C(OC(C)(C)C)c1c(C)nc2c(-c3ccccc3)c(-c3ccccc3)nn2c1-c1cc(F)c2c(c1C)CCCO2. The Labute approximate surface area is 256 Å². The summed E-state index contributed by atoms with van der Waals surface area (Å²) in [4.78, 5) is 18.5. The van der Waals surface area contributed by atoms with Crippen LogP contribution in [0.2, 0.25) is 0 Å². The summed E-state index contributed by atoms with van der Waals surface area (Å²) in [5.74, 6) is -0.755. The minimum atomic E-state index is -1.15. The maximum Gasteiger partial charge on any atom is 0.339 e.